The first-order valence-electron chi connectivity index (χ1n) is 25.4. The number of unbranched alkanes of at least 4 members (excludes halogenated alkanes) is 22. The number of ether oxygens (including phenoxy) is 3. The Morgan fingerprint density at radius 1 is 0.328 bits per heavy atom. The molecule has 6 nitrogen and oxygen atoms in total. The van der Waals surface area contributed by atoms with Gasteiger partial charge in [-0.2, -0.15) is 0 Å². The Bertz CT molecular complexity index is 1160. The smallest absolute Gasteiger partial charge is 0.306 e. The number of hydrogen-bond acceptors (Lipinski definition) is 6. The highest BCUT2D eigenvalue weighted by Gasteiger charge is 2.19. The lowest BCUT2D eigenvalue weighted by Gasteiger charge is -2.18. The molecule has 0 saturated carbocycles. The van der Waals surface area contributed by atoms with Crippen molar-refractivity contribution >= 4 is 17.9 Å². The molecule has 61 heavy (non-hydrogen) atoms. The van der Waals surface area contributed by atoms with Gasteiger partial charge in [0.1, 0.15) is 13.2 Å². The van der Waals surface area contributed by atoms with E-state index in [0.29, 0.717) is 12.8 Å². The van der Waals surface area contributed by atoms with Crippen LogP contribution in [0.5, 0.6) is 0 Å². The van der Waals surface area contributed by atoms with Crippen LogP contribution in [0.15, 0.2) is 72.9 Å². The lowest BCUT2D eigenvalue weighted by molar-refractivity contribution is -0.167. The van der Waals surface area contributed by atoms with Crippen molar-refractivity contribution in [1.82, 2.24) is 0 Å². The Balaban J connectivity index is 4.45. The lowest BCUT2D eigenvalue weighted by Crippen LogP contribution is -2.30. The predicted molar refractivity (Wildman–Crippen MR) is 261 cm³/mol. The minimum Gasteiger partial charge on any atom is -0.462 e. The van der Waals surface area contributed by atoms with E-state index >= 15 is 0 Å². The molecule has 0 saturated heterocycles. The van der Waals surface area contributed by atoms with Crippen molar-refractivity contribution in [1.29, 1.82) is 0 Å². The first-order valence-corrected chi connectivity index (χ1v) is 25.4. The first kappa shape index (κ1) is 57.9. The van der Waals surface area contributed by atoms with Gasteiger partial charge in [-0.3, -0.25) is 14.4 Å². The summed E-state index contributed by atoms with van der Waals surface area (Å²) >= 11 is 0. The molecule has 1 atom stereocenters. The molecule has 0 aliphatic heterocycles. The minimum absolute atomic E-state index is 0.0956. The van der Waals surface area contributed by atoms with Gasteiger partial charge < -0.3 is 14.2 Å². The number of esters is 3. The van der Waals surface area contributed by atoms with E-state index in [-0.39, 0.29) is 37.5 Å². The third kappa shape index (κ3) is 47.7. The van der Waals surface area contributed by atoms with E-state index < -0.39 is 6.10 Å². The van der Waals surface area contributed by atoms with E-state index in [1.54, 1.807) is 0 Å². The fourth-order valence-corrected chi connectivity index (χ4v) is 6.75. The summed E-state index contributed by atoms with van der Waals surface area (Å²) in [5.41, 5.74) is 0. The summed E-state index contributed by atoms with van der Waals surface area (Å²) in [7, 11) is 0. The summed E-state index contributed by atoms with van der Waals surface area (Å²) in [4.78, 5) is 37.9. The van der Waals surface area contributed by atoms with E-state index in [1.165, 1.54) is 96.3 Å². The Morgan fingerprint density at radius 3 is 1.03 bits per heavy atom. The summed E-state index contributed by atoms with van der Waals surface area (Å²) < 4.78 is 16.7. The number of carbonyl (C=O) groups is 3. The predicted octanol–water partition coefficient (Wildman–Crippen LogP) is 16.6. The van der Waals surface area contributed by atoms with E-state index in [4.69, 9.17) is 14.2 Å². The molecule has 0 N–H and O–H groups in total. The van der Waals surface area contributed by atoms with Crippen LogP contribution >= 0.6 is 0 Å². The second-order valence-electron chi connectivity index (χ2n) is 16.7. The second-order valence-corrected chi connectivity index (χ2v) is 16.7. The largest absolute Gasteiger partial charge is 0.462 e. The van der Waals surface area contributed by atoms with Crippen LogP contribution < -0.4 is 0 Å². The zero-order valence-electron chi connectivity index (χ0n) is 39.9. The van der Waals surface area contributed by atoms with Crippen LogP contribution in [0, 0.1) is 0 Å². The molecular weight excluding hydrogens is 757 g/mol. The highest BCUT2D eigenvalue weighted by atomic mass is 16.6. The van der Waals surface area contributed by atoms with E-state index in [2.05, 4.69) is 93.7 Å². The van der Waals surface area contributed by atoms with Crippen LogP contribution in [-0.2, 0) is 28.6 Å². The van der Waals surface area contributed by atoms with Crippen LogP contribution in [0.2, 0.25) is 0 Å². The van der Waals surface area contributed by atoms with Gasteiger partial charge in [0.2, 0.25) is 0 Å². The number of rotatable bonds is 45. The highest BCUT2D eigenvalue weighted by Crippen LogP contribution is 2.13. The summed E-state index contributed by atoms with van der Waals surface area (Å²) in [6.07, 6.45) is 61.7. The van der Waals surface area contributed by atoms with E-state index in [0.717, 1.165) is 103 Å². The molecule has 350 valence electrons. The molecular formula is C55H94O6. The number of hydrogen-bond donors (Lipinski definition) is 0. The van der Waals surface area contributed by atoms with Gasteiger partial charge in [-0.05, 0) is 109 Å². The topological polar surface area (TPSA) is 78.9 Å². The number of allylic oxidation sites excluding steroid dienone is 12. The summed E-state index contributed by atoms with van der Waals surface area (Å²) in [6.45, 7) is 6.51. The van der Waals surface area contributed by atoms with Crippen LogP contribution in [0.3, 0.4) is 0 Å². The van der Waals surface area contributed by atoms with Crippen molar-refractivity contribution in [3.63, 3.8) is 0 Å². The Morgan fingerprint density at radius 2 is 0.607 bits per heavy atom. The van der Waals surface area contributed by atoms with Crippen molar-refractivity contribution in [2.24, 2.45) is 0 Å². The molecule has 0 rings (SSSR count). The third-order valence-corrected chi connectivity index (χ3v) is 10.7. The molecule has 0 aromatic carbocycles. The van der Waals surface area contributed by atoms with Crippen LogP contribution in [0.4, 0.5) is 0 Å². The van der Waals surface area contributed by atoms with Crippen molar-refractivity contribution in [2.75, 3.05) is 13.2 Å². The standard InChI is InChI=1S/C55H94O6/c1-4-7-10-13-16-19-22-24-25-26-27-28-29-31-34-37-40-43-46-49-55(58)61-52(50-59-53(56)47-44-41-38-35-32-21-18-15-12-9-6-3)51-60-54(57)48-45-42-39-36-33-30-23-20-17-14-11-8-5-2/h15-16,18-20,23-25,27-28,31,34,52H,4-14,17,21-22,26,29-30,32-33,35-51H2,1-3H3/b18-15-,19-16-,23-20-,25-24-,28-27-,34-31-/t52-/m0/s1. The average Bonchev–Trinajstić information content (AvgIpc) is 3.26. The molecule has 6 heteroatoms. The van der Waals surface area contributed by atoms with Gasteiger partial charge in [-0.25, -0.2) is 0 Å². The summed E-state index contributed by atoms with van der Waals surface area (Å²) in [5, 5.41) is 0. The number of carbonyl (C=O) groups excluding carboxylic acids is 3. The van der Waals surface area contributed by atoms with Crippen LogP contribution in [0.25, 0.3) is 0 Å². The minimum atomic E-state index is -0.797. The maximum absolute atomic E-state index is 12.8. The normalized spacial score (nSPS) is 12.6. The van der Waals surface area contributed by atoms with Crippen molar-refractivity contribution in [3.8, 4) is 0 Å². The molecule has 0 aliphatic rings. The molecule has 0 fully saturated rings. The SMILES string of the molecule is CCCC/C=C\CCCCCCCC(=O)OC[C@@H](COC(=O)CCCCCCC/C=C\CCCCCC)OC(=O)CCCCC/C=C\C/C=C\C/C=C\C/C=C\CCCCC. The van der Waals surface area contributed by atoms with Gasteiger partial charge in [0.15, 0.2) is 6.10 Å². The first-order chi connectivity index (χ1) is 30.0. The van der Waals surface area contributed by atoms with Crippen molar-refractivity contribution in [3.05, 3.63) is 72.9 Å². The third-order valence-electron chi connectivity index (χ3n) is 10.7. The molecule has 0 aromatic rings. The molecule has 0 aliphatic carbocycles. The van der Waals surface area contributed by atoms with Gasteiger partial charge >= 0.3 is 17.9 Å². The zero-order valence-corrected chi connectivity index (χ0v) is 39.9. The van der Waals surface area contributed by atoms with Crippen molar-refractivity contribution < 1.29 is 28.6 Å². The monoisotopic (exact) mass is 851 g/mol. The zero-order chi connectivity index (χ0) is 44.4. The Hall–Kier alpha value is -3.15. The van der Waals surface area contributed by atoms with Crippen molar-refractivity contribution in [2.45, 2.75) is 245 Å². The van der Waals surface area contributed by atoms with Gasteiger partial charge in [0.25, 0.3) is 0 Å². The summed E-state index contributed by atoms with van der Waals surface area (Å²) in [6, 6.07) is 0. The fraction of sp³-hybridized carbons (Fsp3) is 0.727. The molecule has 0 amide bonds. The van der Waals surface area contributed by atoms with Crippen LogP contribution in [0.1, 0.15) is 239 Å². The molecule has 0 spiro atoms. The molecule has 0 aromatic heterocycles. The lowest BCUT2D eigenvalue weighted by atomic mass is 10.1. The fourth-order valence-electron chi connectivity index (χ4n) is 6.75. The van der Waals surface area contributed by atoms with Gasteiger partial charge in [0, 0.05) is 19.3 Å². The van der Waals surface area contributed by atoms with Gasteiger partial charge in [0.05, 0.1) is 0 Å². The molecule has 0 radical (unpaired) electrons. The maximum atomic E-state index is 12.8. The van der Waals surface area contributed by atoms with E-state index in [9.17, 15) is 14.4 Å². The van der Waals surface area contributed by atoms with E-state index in [1.807, 2.05) is 0 Å². The average molecular weight is 851 g/mol. The highest BCUT2D eigenvalue weighted by molar-refractivity contribution is 5.71. The Labute approximate surface area is 376 Å². The second kappa shape index (κ2) is 49.5. The quantitative estimate of drug-likeness (QED) is 0.0263. The maximum Gasteiger partial charge on any atom is 0.306 e. The van der Waals surface area contributed by atoms with Gasteiger partial charge in [-0.15, -0.1) is 0 Å². The summed E-state index contributed by atoms with van der Waals surface area (Å²) in [5.74, 6) is -0.946. The molecule has 0 bridgehead atoms. The molecule has 0 heterocycles. The molecule has 0 unspecified atom stereocenters. The van der Waals surface area contributed by atoms with Crippen LogP contribution in [-0.4, -0.2) is 37.2 Å². The van der Waals surface area contributed by atoms with Gasteiger partial charge in [-0.1, -0.05) is 184 Å². The Kier molecular flexibility index (Phi) is 46.9.